The largest absolute Gasteiger partial charge is 0.495 e. The van der Waals surface area contributed by atoms with Crippen molar-refractivity contribution in [3.05, 3.63) is 59.7 Å². The second kappa shape index (κ2) is 8.08. The topological polar surface area (TPSA) is 50.4 Å². The fourth-order valence-electron chi connectivity index (χ4n) is 2.10. The standard InChI is InChI=1S/C18H22N2O2/c1-14-7-9-15(10-8-14)13-20-18(21)11-12-19-16-5-3-4-6-17(16)22-2/h3-10,19H,11-13H2,1-2H3,(H,20,21). The van der Waals surface area contributed by atoms with Gasteiger partial charge < -0.3 is 15.4 Å². The van der Waals surface area contributed by atoms with E-state index in [2.05, 4.69) is 10.6 Å². The van der Waals surface area contributed by atoms with Crippen LogP contribution in [0.25, 0.3) is 0 Å². The van der Waals surface area contributed by atoms with Crippen LogP contribution >= 0.6 is 0 Å². The van der Waals surface area contributed by atoms with Crippen molar-refractivity contribution in [1.29, 1.82) is 0 Å². The molecule has 0 saturated heterocycles. The van der Waals surface area contributed by atoms with Crippen molar-refractivity contribution in [2.24, 2.45) is 0 Å². The Bertz CT molecular complexity index is 609. The highest BCUT2D eigenvalue weighted by Crippen LogP contribution is 2.22. The van der Waals surface area contributed by atoms with Crippen LogP contribution in [0.4, 0.5) is 5.69 Å². The molecule has 116 valence electrons. The van der Waals surface area contributed by atoms with Crippen LogP contribution in [0.3, 0.4) is 0 Å². The summed E-state index contributed by atoms with van der Waals surface area (Å²) in [4.78, 5) is 11.8. The van der Waals surface area contributed by atoms with Gasteiger partial charge in [0.25, 0.3) is 0 Å². The van der Waals surface area contributed by atoms with Gasteiger partial charge in [-0.05, 0) is 24.6 Å². The number of para-hydroxylation sites is 2. The molecule has 1 amide bonds. The quantitative estimate of drug-likeness (QED) is 0.825. The molecule has 0 aliphatic carbocycles. The third kappa shape index (κ3) is 4.81. The molecule has 2 N–H and O–H groups in total. The minimum absolute atomic E-state index is 0.0305. The molecule has 4 nitrogen and oxygen atoms in total. The zero-order valence-electron chi connectivity index (χ0n) is 13.1. The molecule has 0 heterocycles. The summed E-state index contributed by atoms with van der Waals surface area (Å²) >= 11 is 0. The predicted molar refractivity (Wildman–Crippen MR) is 89.1 cm³/mol. The Balaban J connectivity index is 1.72. The first-order valence-corrected chi connectivity index (χ1v) is 7.38. The molecule has 0 atom stereocenters. The number of nitrogens with one attached hydrogen (secondary N) is 2. The number of benzene rings is 2. The van der Waals surface area contributed by atoms with E-state index in [4.69, 9.17) is 4.74 Å². The highest BCUT2D eigenvalue weighted by Gasteiger charge is 2.04. The van der Waals surface area contributed by atoms with E-state index in [0.29, 0.717) is 19.5 Å². The normalized spacial score (nSPS) is 10.1. The van der Waals surface area contributed by atoms with Gasteiger partial charge in [0.1, 0.15) is 5.75 Å². The predicted octanol–water partition coefficient (Wildman–Crippen LogP) is 3.12. The van der Waals surface area contributed by atoms with E-state index in [1.165, 1.54) is 5.56 Å². The lowest BCUT2D eigenvalue weighted by molar-refractivity contribution is -0.121. The number of carbonyl (C=O) groups is 1. The molecule has 0 unspecified atom stereocenters. The monoisotopic (exact) mass is 298 g/mol. The van der Waals surface area contributed by atoms with Gasteiger partial charge in [-0.1, -0.05) is 42.0 Å². The van der Waals surface area contributed by atoms with Gasteiger partial charge in [0.05, 0.1) is 12.8 Å². The van der Waals surface area contributed by atoms with E-state index in [0.717, 1.165) is 17.0 Å². The van der Waals surface area contributed by atoms with E-state index in [9.17, 15) is 4.79 Å². The second-order valence-corrected chi connectivity index (χ2v) is 5.14. The minimum Gasteiger partial charge on any atom is -0.495 e. The molecule has 22 heavy (non-hydrogen) atoms. The van der Waals surface area contributed by atoms with Crippen LogP contribution in [0.15, 0.2) is 48.5 Å². The lowest BCUT2D eigenvalue weighted by Gasteiger charge is -2.11. The number of hydrogen-bond donors (Lipinski definition) is 2. The van der Waals surface area contributed by atoms with Crippen molar-refractivity contribution in [1.82, 2.24) is 5.32 Å². The Kier molecular flexibility index (Phi) is 5.83. The van der Waals surface area contributed by atoms with Crippen LogP contribution in [0.2, 0.25) is 0 Å². The van der Waals surface area contributed by atoms with Crippen molar-refractivity contribution in [2.45, 2.75) is 19.9 Å². The molecule has 4 heteroatoms. The first kappa shape index (κ1) is 15.9. The zero-order valence-corrected chi connectivity index (χ0v) is 13.1. The number of ether oxygens (including phenoxy) is 1. The van der Waals surface area contributed by atoms with Gasteiger partial charge >= 0.3 is 0 Å². The van der Waals surface area contributed by atoms with Gasteiger partial charge in [-0.2, -0.15) is 0 Å². The fourth-order valence-corrected chi connectivity index (χ4v) is 2.10. The summed E-state index contributed by atoms with van der Waals surface area (Å²) < 4.78 is 5.25. The van der Waals surface area contributed by atoms with Crippen LogP contribution < -0.4 is 15.4 Å². The molecule has 0 aromatic heterocycles. The smallest absolute Gasteiger partial charge is 0.222 e. The summed E-state index contributed by atoms with van der Waals surface area (Å²) in [5.74, 6) is 0.811. The Labute approximate surface area is 131 Å². The molecule has 0 radical (unpaired) electrons. The minimum atomic E-state index is 0.0305. The van der Waals surface area contributed by atoms with Crippen molar-refractivity contribution >= 4 is 11.6 Å². The average Bonchev–Trinajstić information content (AvgIpc) is 2.55. The molecule has 0 aliphatic rings. The van der Waals surface area contributed by atoms with Gasteiger partial charge in [0.2, 0.25) is 5.91 Å². The maximum Gasteiger partial charge on any atom is 0.222 e. The fraction of sp³-hybridized carbons (Fsp3) is 0.278. The van der Waals surface area contributed by atoms with E-state index in [1.807, 2.05) is 55.5 Å². The van der Waals surface area contributed by atoms with Crippen LogP contribution in [0.5, 0.6) is 5.75 Å². The van der Waals surface area contributed by atoms with E-state index >= 15 is 0 Å². The molecule has 2 rings (SSSR count). The SMILES string of the molecule is COc1ccccc1NCCC(=O)NCc1ccc(C)cc1. The number of anilines is 1. The maximum absolute atomic E-state index is 11.8. The summed E-state index contributed by atoms with van der Waals surface area (Å²) in [6.45, 7) is 3.18. The maximum atomic E-state index is 11.8. The van der Waals surface area contributed by atoms with E-state index < -0.39 is 0 Å². The van der Waals surface area contributed by atoms with Crippen molar-refractivity contribution in [2.75, 3.05) is 19.0 Å². The van der Waals surface area contributed by atoms with Crippen LogP contribution in [-0.2, 0) is 11.3 Å². The molecular weight excluding hydrogens is 276 g/mol. The molecule has 2 aromatic rings. The summed E-state index contributed by atoms with van der Waals surface area (Å²) in [6.07, 6.45) is 0.421. The Morgan fingerprint density at radius 2 is 1.82 bits per heavy atom. The Hall–Kier alpha value is -2.49. The molecule has 0 spiro atoms. The number of hydrogen-bond acceptors (Lipinski definition) is 3. The number of rotatable bonds is 7. The highest BCUT2D eigenvalue weighted by atomic mass is 16.5. The number of amides is 1. The van der Waals surface area contributed by atoms with Gasteiger partial charge in [-0.25, -0.2) is 0 Å². The third-order valence-electron chi connectivity index (χ3n) is 3.38. The molecule has 0 fully saturated rings. The van der Waals surface area contributed by atoms with Crippen molar-refractivity contribution in [3.63, 3.8) is 0 Å². The Morgan fingerprint density at radius 1 is 1.09 bits per heavy atom. The molecular formula is C18H22N2O2. The van der Waals surface area contributed by atoms with E-state index in [1.54, 1.807) is 7.11 Å². The first-order valence-electron chi connectivity index (χ1n) is 7.38. The lowest BCUT2D eigenvalue weighted by atomic mass is 10.1. The summed E-state index contributed by atoms with van der Waals surface area (Å²) in [5.41, 5.74) is 3.23. The van der Waals surface area contributed by atoms with Crippen molar-refractivity contribution in [3.8, 4) is 5.75 Å². The summed E-state index contributed by atoms with van der Waals surface area (Å²) in [6, 6.07) is 15.8. The molecule has 0 bridgehead atoms. The number of methoxy groups -OCH3 is 1. The van der Waals surface area contributed by atoms with Crippen LogP contribution in [0.1, 0.15) is 17.5 Å². The van der Waals surface area contributed by atoms with Gasteiger partial charge in [0.15, 0.2) is 0 Å². The second-order valence-electron chi connectivity index (χ2n) is 5.14. The van der Waals surface area contributed by atoms with Gasteiger partial charge in [-0.15, -0.1) is 0 Å². The zero-order chi connectivity index (χ0) is 15.8. The van der Waals surface area contributed by atoms with Crippen LogP contribution in [-0.4, -0.2) is 19.6 Å². The van der Waals surface area contributed by atoms with Gasteiger partial charge in [0, 0.05) is 19.5 Å². The van der Waals surface area contributed by atoms with Gasteiger partial charge in [-0.3, -0.25) is 4.79 Å². The highest BCUT2D eigenvalue weighted by molar-refractivity contribution is 5.76. The summed E-state index contributed by atoms with van der Waals surface area (Å²) in [5, 5.41) is 6.14. The number of aryl methyl sites for hydroxylation is 1. The molecule has 0 aliphatic heterocycles. The van der Waals surface area contributed by atoms with Crippen LogP contribution in [0, 0.1) is 6.92 Å². The summed E-state index contributed by atoms with van der Waals surface area (Å²) in [7, 11) is 1.63. The Morgan fingerprint density at radius 3 is 2.55 bits per heavy atom. The number of carbonyl (C=O) groups excluding carboxylic acids is 1. The third-order valence-corrected chi connectivity index (χ3v) is 3.38. The van der Waals surface area contributed by atoms with Crippen molar-refractivity contribution < 1.29 is 9.53 Å². The average molecular weight is 298 g/mol. The lowest BCUT2D eigenvalue weighted by Crippen LogP contribution is -2.24. The molecule has 2 aromatic carbocycles. The van der Waals surface area contributed by atoms with E-state index in [-0.39, 0.29) is 5.91 Å². The molecule has 0 saturated carbocycles. The first-order chi connectivity index (χ1) is 10.7.